The molecule has 1 saturated carbocycles. The number of rotatable bonds is 7. The molecule has 1 aliphatic rings. The quantitative estimate of drug-likeness (QED) is 0.461. The van der Waals surface area contributed by atoms with E-state index in [1.165, 1.54) is 67.2 Å². The van der Waals surface area contributed by atoms with Gasteiger partial charge in [-0.05, 0) is 111 Å². The van der Waals surface area contributed by atoms with E-state index in [2.05, 4.69) is 76.7 Å². The predicted molar refractivity (Wildman–Crippen MR) is 124 cm³/mol. The topological polar surface area (TPSA) is 0 Å². The van der Waals surface area contributed by atoms with Crippen molar-refractivity contribution in [2.45, 2.75) is 72.6 Å². The van der Waals surface area contributed by atoms with E-state index in [4.69, 9.17) is 0 Å². The van der Waals surface area contributed by atoms with Crippen LogP contribution in [-0.4, -0.2) is 0 Å². The molecule has 0 heterocycles. The summed E-state index contributed by atoms with van der Waals surface area (Å²) in [6, 6.07) is 15.8. The summed E-state index contributed by atoms with van der Waals surface area (Å²) in [6.45, 7) is 13.1. The SMILES string of the molecule is C=C(C)c1ccc(CCC(C)C2CCC(Cc3c(C)cccc3C)CC2)cc1. The summed E-state index contributed by atoms with van der Waals surface area (Å²) in [5, 5.41) is 0. The highest BCUT2D eigenvalue weighted by atomic mass is 14.3. The second-order valence-corrected chi connectivity index (χ2v) is 9.35. The standard InChI is InChI=1S/C28H38/c1-20(2)26-15-11-24(12-16-26)10-9-21(3)27-17-13-25(14-18-27)19-28-22(4)7-6-8-23(28)5/h6-8,11-12,15-16,21,25,27H,1,9-10,13-14,17-19H2,2-5H3. The molecule has 2 aromatic rings. The van der Waals surface area contributed by atoms with E-state index in [1.54, 1.807) is 5.56 Å². The van der Waals surface area contributed by atoms with Crippen LogP contribution in [0, 0.1) is 31.6 Å². The molecule has 0 heteroatoms. The molecule has 0 aromatic heterocycles. The molecular weight excluding hydrogens is 336 g/mol. The van der Waals surface area contributed by atoms with Gasteiger partial charge in [0.1, 0.15) is 0 Å². The third-order valence-electron chi connectivity index (χ3n) is 7.17. The molecule has 0 radical (unpaired) electrons. The maximum Gasteiger partial charge on any atom is -0.0233 e. The smallest absolute Gasteiger partial charge is 0.0233 e. The molecule has 1 aliphatic carbocycles. The van der Waals surface area contributed by atoms with Crippen molar-refractivity contribution < 1.29 is 0 Å². The van der Waals surface area contributed by atoms with Gasteiger partial charge in [0.15, 0.2) is 0 Å². The summed E-state index contributed by atoms with van der Waals surface area (Å²) >= 11 is 0. The number of hydrogen-bond donors (Lipinski definition) is 0. The Balaban J connectivity index is 1.46. The van der Waals surface area contributed by atoms with Crippen molar-refractivity contribution >= 4 is 5.57 Å². The molecule has 0 N–H and O–H groups in total. The van der Waals surface area contributed by atoms with E-state index in [0.717, 1.165) is 23.3 Å². The van der Waals surface area contributed by atoms with Crippen molar-refractivity contribution in [3.05, 3.63) is 76.9 Å². The highest BCUT2D eigenvalue weighted by Crippen LogP contribution is 2.37. The molecule has 2 aromatic carbocycles. The normalized spacial score (nSPS) is 20.7. The Hall–Kier alpha value is -1.82. The summed E-state index contributed by atoms with van der Waals surface area (Å²) in [7, 11) is 0. The van der Waals surface area contributed by atoms with Gasteiger partial charge >= 0.3 is 0 Å². The lowest BCUT2D eigenvalue weighted by Gasteiger charge is -2.33. The van der Waals surface area contributed by atoms with E-state index in [-0.39, 0.29) is 0 Å². The fourth-order valence-corrected chi connectivity index (χ4v) is 5.01. The van der Waals surface area contributed by atoms with Crippen LogP contribution in [0.1, 0.15) is 73.8 Å². The molecule has 28 heavy (non-hydrogen) atoms. The van der Waals surface area contributed by atoms with Gasteiger partial charge in [0.2, 0.25) is 0 Å². The highest BCUT2D eigenvalue weighted by Gasteiger charge is 2.25. The van der Waals surface area contributed by atoms with Gasteiger partial charge in [-0.25, -0.2) is 0 Å². The van der Waals surface area contributed by atoms with Crippen LogP contribution < -0.4 is 0 Å². The fraction of sp³-hybridized carbons (Fsp3) is 0.500. The molecular formula is C28H38. The van der Waals surface area contributed by atoms with Crippen LogP contribution in [0.25, 0.3) is 5.57 Å². The second kappa shape index (κ2) is 9.59. The minimum atomic E-state index is 0.835. The Labute approximate surface area is 173 Å². The van der Waals surface area contributed by atoms with Gasteiger partial charge in [-0.15, -0.1) is 0 Å². The van der Waals surface area contributed by atoms with Crippen LogP contribution in [0.5, 0.6) is 0 Å². The summed E-state index contributed by atoms with van der Waals surface area (Å²) in [5.74, 6) is 2.64. The molecule has 150 valence electrons. The average Bonchev–Trinajstić information content (AvgIpc) is 2.70. The van der Waals surface area contributed by atoms with Crippen LogP contribution in [0.3, 0.4) is 0 Å². The van der Waals surface area contributed by atoms with Crippen molar-refractivity contribution in [1.82, 2.24) is 0 Å². The Kier molecular flexibility index (Phi) is 7.16. The number of hydrogen-bond acceptors (Lipinski definition) is 0. The van der Waals surface area contributed by atoms with Gasteiger partial charge < -0.3 is 0 Å². The van der Waals surface area contributed by atoms with Gasteiger partial charge in [-0.3, -0.25) is 0 Å². The monoisotopic (exact) mass is 374 g/mol. The predicted octanol–water partition coefficient (Wildman–Crippen LogP) is 7.95. The van der Waals surface area contributed by atoms with Crippen LogP contribution in [0.4, 0.5) is 0 Å². The molecule has 0 amide bonds. The van der Waals surface area contributed by atoms with E-state index >= 15 is 0 Å². The number of benzene rings is 2. The molecule has 3 rings (SSSR count). The Morgan fingerprint density at radius 2 is 1.57 bits per heavy atom. The zero-order chi connectivity index (χ0) is 20.1. The lowest BCUT2D eigenvalue weighted by Crippen LogP contribution is -2.22. The van der Waals surface area contributed by atoms with Crippen molar-refractivity contribution in [2.24, 2.45) is 17.8 Å². The van der Waals surface area contributed by atoms with E-state index in [0.29, 0.717) is 0 Å². The van der Waals surface area contributed by atoms with Crippen LogP contribution in [-0.2, 0) is 12.8 Å². The Morgan fingerprint density at radius 3 is 2.14 bits per heavy atom. The van der Waals surface area contributed by atoms with Crippen molar-refractivity contribution in [3.8, 4) is 0 Å². The molecule has 0 nitrogen and oxygen atoms in total. The van der Waals surface area contributed by atoms with Gasteiger partial charge in [-0.1, -0.05) is 61.5 Å². The van der Waals surface area contributed by atoms with Gasteiger partial charge in [0, 0.05) is 0 Å². The second-order valence-electron chi connectivity index (χ2n) is 9.35. The van der Waals surface area contributed by atoms with Crippen LogP contribution >= 0.6 is 0 Å². The van der Waals surface area contributed by atoms with Crippen molar-refractivity contribution in [3.63, 3.8) is 0 Å². The third kappa shape index (κ3) is 5.37. The van der Waals surface area contributed by atoms with Gasteiger partial charge in [-0.2, -0.15) is 0 Å². The Bertz CT molecular complexity index is 752. The summed E-state index contributed by atoms with van der Waals surface area (Å²) in [4.78, 5) is 0. The zero-order valence-electron chi connectivity index (χ0n) is 18.4. The average molecular weight is 375 g/mol. The van der Waals surface area contributed by atoms with Crippen LogP contribution in [0.15, 0.2) is 49.0 Å². The van der Waals surface area contributed by atoms with Crippen molar-refractivity contribution in [2.75, 3.05) is 0 Å². The largest absolute Gasteiger partial charge is 0.0955 e. The fourth-order valence-electron chi connectivity index (χ4n) is 5.01. The molecule has 1 unspecified atom stereocenters. The molecule has 0 saturated heterocycles. The summed E-state index contributed by atoms with van der Waals surface area (Å²) in [6.07, 6.45) is 9.48. The minimum Gasteiger partial charge on any atom is -0.0955 e. The first kappa shape index (κ1) is 20.9. The first-order chi connectivity index (χ1) is 13.4. The molecule has 0 aliphatic heterocycles. The zero-order valence-corrected chi connectivity index (χ0v) is 18.4. The van der Waals surface area contributed by atoms with Crippen LogP contribution in [0.2, 0.25) is 0 Å². The van der Waals surface area contributed by atoms with Crippen molar-refractivity contribution in [1.29, 1.82) is 0 Å². The maximum absolute atomic E-state index is 4.03. The number of allylic oxidation sites excluding steroid dienone is 1. The molecule has 1 atom stereocenters. The van der Waals surface area contributed by atoms with Gasteiger partial charge in [0.05, 0.1) is 0 Å². The molecule has 1 fully saturated rings. The Morgan fingerprint density at radius 1 is 0.964 bits per heavy atom. The first-order valence-corrected chi connectivity index (χ1v) is 11.2. The van der Waals surface area contributed by atoms with E-state index in [9.17, 15) is 0 Å². The summed E-state index contributed by atoms with van der Waals surface area (Å²) < 4.78 is 0. The third-order valence-corrected chi connectivity index (χ3v) is 7.17. The molecule has 0 bridgehead atoms. The lowest BCUT2D eigenvalue weighted by molar-refractivity contribution is 0.206. The van der Waals surface area contributed by atoms with E-state index in [1.807, 2.05) is 0 Å². The minimum absolute atomic E-state index is 0.835. The first-order valence-electron chi connectivity index (χ1n) is 11.2. The lowest BCUT2D eigenvalue weighted by atomic mass is 9.73. The molecule has 0 spiro atoms. The summed E-state index contributed by atoms with van der Waals surface area (Å²) in [5.41, 5.74) is 8.45. The maximum atomic E-state index is 4.03. The highest BCUT2D eigenvalue weighted by molar-refractivity contribution is 5.61. The van der Waals surface area contributed by atoms with Gasteiger partial charge in [0.25, 0.3) is 0 Å². The van der Waals surface area contributed by atoms with E-state index < -0.39 is 0 Å². The number of aryl methyl sites for hydroxylation is 3.